The number of thioether (sulfide) groups is 1. The highest BCUT2D eigenvalue weighted by Crippen LogP contribution is 2.22. The van der Waals surface area contributed by atoms with E-state index in [1.807, 2.05) is 0 Å². The summed E-state index contributed by atoms with van der Waals surface area (Å²) < 4.78 is 0. The van der Waals surface area contributed by atoms with Gasteiger partial charge in [0.2, 0.25) is 94.5 Å². The molecule has 41 nitrogen and oxygen atoms in total. The van der Waals surface area contributed by atoms with Crippen LogP contribution in [0, 0.1) is 11.8 Å². The first-order chi connectivity index (χ1) is 53.1. The summed E-state index contributed by atoms with van der Waals surface area (Å²) in [6.07, 6.45) is -6.18. The van der Waals surface area contributed by atoms with Crippen LogP contribution in [0.3, 0.4) is 0 Å². The minimum Gasteiger partial charge on any atom is -0.508 e. The van der Waals surface area contributed by atoms with Gasteiger partial charge >= 0.3 is 5.97 Å². The number of aliphatic hydroxyl groups is 5. The standard InChI is InChI=1S/C71H109N17O24S/c1-34(2)27-46(65(106)84-55(35(3)4)69(110)85-56(36(5)91)59(74)100)81-68(109)50-15-12-25-88(50)71(112)58(38(7)93)87-62(103)43(20-22-51(73)95)78-66(107)48(32-89)82-61(102)44(21-23-54(98)99)79-67(108)49(33-90)83-70(111)57(37(6)92)86-63(104)45(24-26-113-8)80-64(105)47(29-39-13-10-9-11-14-39)77-53(97)31-75-52(96)30-76-60(101)42(72)28-40-16-18-41(94)19-17-40/h9-11,13-14,16-19,34-38,42-50,55-58,89-94H,12,15,20-33,72H2,1-8H3,(H2,73,95)(H2,74,100)(H,75,96)(H,76,101)(H,77,97)(H,78,107)(H,79,108)(H,80,105)(H,81,109)(H,82,102)(H,83,111)(H,84,106)(H,85,110)(H,86,104)(H,87,103)(H,98,99). The van der Waals surface area contributed by atoms with E-state index in [9.17, 15) is 117 Å². The van der Waals surface area contributed by atoms with Crippen LogP contribution in [0.5, 0.6) is 5.75 Å². The maximum atomic E-state index is 14.4. The third kappa shape index (κ3) is 33.3. The zero-order valence-electron chi connectivity index (χ0n) is 64.1. The molecular formula is C71H109N17O24S. The van der Waals surface area contributed by atoms with E-state index in [2.05, 4.69) is 69.1 Å². The summed E-state index contributed by atoms with van der Waals surface area (Å²) in [5.74, 6) is -19.0. The van der Waals surface area contributed by atoms with Crippen LogP contribution in [0.1, 0.15) is 111 Å². The highest BCUT2D eigenvalue weighted by molar-refractivity contribution is 7.98. The molecule has 628 valence electrons. The van der Waals surface area contributed by atoms with Crippen molar-refractivity contribution in [3.05, 3.63) is 65.7 Å². The van der Waals surface area contributed by atoms with Crippen molar-refractivity contribution in [2.45, 2.75) is 210 Å². The smallest absolute Gasteiger partial charge is 0.303 e. The Labute approximate surface area is 655 Å². The van der Waals surface area contributed by atoms with Crippen molar-refractivity contribution in [2.75, 3.05) is 44.9 Å². The second kappa shape index (κ2) is 48.3. The Balaban J connectivity index is 1.78. The molecule has 26 N–H and O–H groups in total. The SMILES string of the molecule is CSCCC(NC(=O)C(Cc1ccccc1)NC(=O)CNC(=O)CNC(=O)C(N)Cc1ccc(O)cc1)C(=O)NC(C(=O)NC(CO)C(=O)NC(CCC(=O)O)C(=O)NC(CO)C(=O)NC(CCC(N)=O)C(=O)NC(C(=O)N1CCCC1C(=O)NC(CC(C)C)C(=O)NC(C(=O)NC(C(N)=O)C(C)O)C(C)C)C(C)O)C(C)O. The van der Waals surface area contributed by atoms with Crippen LogP contribution in [-0.2, 0) is 94.3 Å². The van der Waals surface area contributed by atoms with Crippen molar-refractivity contribution < 1.29 is 117 Å². The summed E-state index contributed by atoms with van der Waals surface area (Å²) in [4.78, 5) is 230. The van der Waals surface area contributed by atoms with Gasteiger partial charge in [-0.05, 0) is 113 Å². The zero-order valence-corrected chi connectivity index (χ0v) is 64.9. The van der Waals surface area contributed by atoms with E-state index in [1.54, 1.807) is 76.4 Å². The van der Waals surface area contributed by atoms with E-state index in [0.717, 1.165) is 18.7 Å². The zero-order chi connectivity index (χ0) is 85.1. The molecule has 0 aromatic heterocycles. The van der Waals surface area contributed by atoms with Crippen molar-refractivity contribution in [1.29, 1.82) is 0 Å². The second-order valence-electron chi connectivity index (χ2n) is 27.9. The first kappa shape index (κ1) is 96.5. The van der Waals surface area contributed by atoms with E-state index >= 15 is 0 Å². The number of carboxylic acid groups (broad SMARTS) is 1. The lowest BCUT2D eigenvalue weighted by atomic mass is 9.99. The Morgan fingerprint density at radius 1 is 0.487 bits per heavy atom. The number of carbonyl (C=O) groups excluding carboxylic acids is 16. The Morgan fingerprint density at radius 3 is 1.44 bits per heavy atom. The van der Waals surface area contributed by atoms with E-state index in [0.29, 0.717) is 11.1 Å². The number of nitrogens with zero attached hydrogens (tertiary/aromatic N) is 1. The Kier molecular flexibility index (Phi) is 41.3. The number of hydrogen-bond donors (Lipinski definition) is 23. The molecule has 0 radical (unpaired) electrons. The first-order valence-electron chi connectivity index (χ1n) is 36.4. The molecule has 1 aliphatic heterocycles. The Morgan fingerprint density at radius 2 is 0.938 bits per heavy atom. The number of primary amides is 2. The number of rotatable bonds is 49. The molecule has 1 saturated heterocycles. The number of hydrogen-bond acceptors (Lipinski definition) is 25. The van der Waals surface area contributed by atoms with Crippen LogP contribution in [0.25, 0.3) is 0 Å². The predicted molar refractivity (Wildman–Crippen MR) is 403 cm³/mol. The number of aromatic hydroxyl groups is 1. The lowest BCUT2D eigenvalue weighted by Gasteiger charge is -2.32. The Bertz CT molecular complexity index is 3610. The molecule has 0 aliphatic carbocycles. The molecule has 0 saturated carbocycles. The predicted octanol–water partition coefficient (Wildman–Crippen LogP) is -8.74. The molecule has 3 rings (SSSR count). The minimum atomic E-state index is -2.08. The maximum absolute atomic E-state index is 14.4. The average Bonchev–Trinajstić information content (AvgIpc) is 1.63. The van der Waals surface area contributed by atoms with Gasteiger partial charge in [0.05, 0.1) is 50.7 Å². The Hall–Kier alpha value is -10.7. The van der Waals surface area contributed by atoms with Gasteiger partial charge in [-0.25, -0.2) is 0 Å². The molecule has 1 heterocycles. The number of benzene rings is 2. The van der Waals surface area contributed by atoms with Gasteiger partial charge in [-0.2, -0.15) is 11.8 Å². The van der Waals surface area contributed by atoms with Gasteiger partial charge < -0.3 is 127 Å². The van der Waals surface area contributed by atoms with Gasteiger partial charge in [-0.15, -0.1) is 0 Å². The molecule has 16 unspecified atom stereocenters. The van der Waals surface area contributed by atoms with Gasteiger partial charge in [0.1, 0.15) is 78.3 Å². The second-order valence-corrected chi connectivity index (χ2v) is 28.9. The summed E-state index contributed by atoms with van der Waals surface area (Å²) in [5, 5.41) is 102. The van der Waals surface area contributed by atoms with E-state index < -0.39 is 255 Å². The largest absolute Gasteiger partial charge is 0.508 e. The molecule has 1 aliphatic rings. The van der Waals surface area contributed by atoms with Crippen LogP contribution in [0.15, 0.2) is 54.6 Å². The monoisotopic (exact) mass is 1620 g/mol. The van der Waals surface area contributed by atoms with Crippen LogP contribution >= 0.6 is 11.8 Å². The highest BCUT2D eigenvalue weighted by atomic mass is 32.2. The highest BCUT2D eigenvalue weighted by Gasteiger charge is 2.43. The third-order valence-electron chi connectivity index (χ3n) is 17.6. The van der Waals surface area contributed by atoms with Crippen molar-refractivity contribution in [3.63, 3.8) is 0 Å². The van der Waals surface area contributed by atoms with E-state index in [-0.39, 0.29) is 62.5 Å². The molecule has 2 aromatic rings. The van der Waals surface area contributed by atoms with Crippen LogP contribution in [-0.4, -0.2) is 283 Å². The number of aliphatic hydroxyl groups excluding tert-OH is 5. The molecule has 0 bridgehead atoms. The quantitative estimate of drug-likeness (QED) is 0.0292. The summed E-state index contributed by atoms with van der Waals surface area (Å²) >= 11 is 1.24. The third-order valence-corrected chi connectivity index (χ3v) is 18.3. The first-order valence-corrected chi connectivity index (χ1v) is 37.8. The van der Waals surface area contributed by atoms with Gasteiger partial charge in [0.15, 0.2) is 0 Å². The van der Waals surface area contributed by atoms with Crippen LogP contribution in [0.4, 0.5) is 0 Å². The molecule has 113 heavy (non-hydrogen) atoms. The normalized spacial score (nSPS) is 16.5. The summed E-state index contributed by atoms with van der Waals surface area (Å²) in [5.41, 5.74) is 17.9. The number of phenols is 1. The average molecular weight is 1620 g/mol. The van der Waals surface area contributed by atoms with Gasteiger partial charge in [0.25, 0.3) is 0 Å². The minimum absolute atomic E-state index is 0.00641. The molecule has 1 fully saturated rings. The molecule has 2 aromatic carbocycles. The fraction of sp³-hybridized carbons (Fsp3) is 0.592. The number of phenolic OH excluding ortho intramolecular Hbond substituents is 1. The molecule has 16 amide bonds. The maximum Gasteiger partial charge on any atom is 0.303 e. The van der Waals surface area contributed by atoms with Crippen molar-refractivity contribution in [1.82, 2.24) is 74.0 Å². The summed E-state index contributed by atoms with van der Waals surface area (Å²) in [7, 11) is 0. The van der Waals surface area contributed by atoms with Gasteiger partial charge in [-0.3, -0.25) is 81.5 Å². The van der Waals surface area contributed by atoms with Crippen molar-refractivity contribution >= 4 is 112 Å². The summed E-state index contributed by atoms with van der Waals surface area (Å²) in [6, 6.07) is -7.13. The van der Waals surface area contributed by atoms with Crippen LogP contribution in [0.2, 0.25) is 0 Å². The van der Waals surface area contributed by atoms with Crippen LogP contribution < -0.4 is 86.3 Å². The van der Waals surface area contributed by atoms with Gasteiger partial charge in [-0.1, -0.05) is 70.2 Å². The van der Waals surface area contributed by atoms with E-state index in [4.69, 9.17) is 17.2 Å². The number of amides is 16. The molecule has 16 atom stereocenters. The number of nitrogens with one attached hydrogen (secondary N) is 13. The number of carboxylic acids is 1. The lowest BCUT2D eigenvalue weighted by molar-refractivity contribution is -0.145. The molecular weight excluding hydrogens is 1510 g/mol. The van der Waals surface area contributed by atoms with Crippen molar-refractivity contribution in [2.24, 2.45) is 29.0 Å². The van der Waals surface area contributed by atoms with E-state index in [1.165, 1.54) is 30.8 Å². The number of likely N-dealkylation sites (tertiary alicyclic amines) is 1. The lowest BCUT2D eigenvalue weighted by Crippen LogP contribution is -2.63. The number of nitrogens with two attached hydrogens (primary N) is 3. The summed E-state index contributed by atoms with van der Waals surface area (Å²) in [6.45, 7) is 6.04. The topological polar surface area (TPSA) is 669 Å². The van der Waals surface area contributed by atoms with Crippen molar-refractivity contribution in [3.8, 4) is 5.75 Å². The molecule has 42 heteroatoms. The molecule has 0 spiro atoms. The van der Waals surface area contributed by atoms with Gasteiger partial charge in [0, 0.05) is 25.8 Å². The number of aliphatic carboxylic acids is 1. The fourth-order valence-electron chi connectivity index (χ4n) is 11.4. The number of carbonyl (C=O) groups is 17. The fourth-order valence-corrected chi connectivity index (χ4v) is 11.8.